The highest BCUT2D eigenvalue weighted by Gasteiger charge is 2.53. The van der Waals surface area contributed by atoms with Crippen LogP contribution in [0.5, 0.6) is 0 Å². The maximum atomic E-state index is 13.3. The molecule has 1 heterocycles. The Kier molecular flexibility index (Phi) is 26.6. The number of unbranched alkanes of at least 4 members (excludes halogenated alkanes) is 10. The topological polar surface area (TPSA) is 225 Å². The number of hydrogen-bond donors (Lipinski definition) is 5. The predicted octanol–water partition coefficient (Wildman–Crippen LogP) is 3.54. The quantitative estimate of drug-likeness (QED) is 0.0401. The van der Waals surface area contributed by atoms with Crippen molar-refractivity contribution >= 4 is 23.9 Å². The van der Waals surface area contributed by atoms with Crippen molar-refractivity contribution in [1.29, 1.82) is 0 Å². The predicted molar refractivity (Wildman–Crippen MR) is 192 cm³/mol. The number of carbonyl (C=O) groups excluding carboxylic acids is 4. The highest BCUT2D eigenvalue weighted by molar-refractivity contribution is 5.72. The van der Waals surface area contributed by atoms with Crippen LogP contribution in [-0.2, 0) is 47.6 Å². The van der Waals surface area contributed by atoms with Crippen LogP contribution in [0, 0.1) is 0 Å². The fourth-order valence-corrected chi connectivity index (χ4v) is 5.71. The van der Waals surface area contributed by atoms with Crippen molar-refractivity contribution in [2.75, 3.05) is 19.8 Å². The third kappa shape index (κ3) is 19.7. The van der Waals surface area contributed by atoms with Crippen LogP contribution in [0.4, 0.5) is 0 Å². The summed E-state index contributed by atoms with van der Waals surface area (Å²) < 4.78 is 35.2. The van der Waals surface area contributed by atoms with Crippen LogP contribution in [0.1, 0.15) is 143 Å². The van der Waals surface area contributed by atoms with Gasteiger partial charge in [0.15, 0.2) is 24.6 Å². The number of aliphatic hydroxyl groups excluding tert-OH is 5. The van der Waals surface area contributed by atoms with Crippen LogP contribution in [0.25, 0.3) is 0 Å². The Morgan fingerprint density at radius 1 is 0.547 bits per heavy atom. The van der Waals surface area contributed by atoms with Gasteiger partial charge in [-0.05, 0) is 25.7 Å². The molecule has 0 unspecified atom stereocenters. The van der Waals surface area contributed by atoms with Gasteiger partial charge in [-0.1, -0.05) is 91.9 Å². The van der Waals surface area contributed by atoms with Crippen LogP contribution in [0.2, 0.25) is 0 Å². The molecule has 15 heteroatoms. The molecular formula is C38H68O15. The van der Waals surface area contributed by atoms with Gasteiger partial charge in [0, 0.05) is 25.7 Å². The Morgan fingerprint density at radius 3 is 1.47 bits per heavy atom. The molecule has 0 aromatic heterocycles. The lowest BCUT2D eigenvalue weighted by Gasteiger charge is -2.44. The lowest BCUT2D eigenvalue weighted by atomic mass is 9.97. The Hall–Kier alpha value is -2.40. The Balaban J connectivity index is 3.56. The van der Waals surface area contributed by atoms with Crippen LogP contribution in [0.15, 0.2) is 0 Å². The molecule has 5 N–H and O–H groups in total. The van der Waals surface area contributed by atoms with E-state index in [4.69, 9.17) is 28.4 Å². The zero-order valence-electron chi connectivity index (χ0n) is 32.4. The molecule has 53 heavy (non-hydrogen) atoms. The zero-order chi connectivity index (χ0) is 39.6. The first-order valence-corrected chi connectivity index (χ1v) is 19.8. The van der Waals surface area contributed by atoms with E-state index in [-0.39, 0.29) is 25.7 Å². The van der Waals surface area contributed by atoms with Gasteiger partial charge >= 0.3 is 23.9 Å². The van der Waals surface area contributed by atoms with Crippen LogP contribution in [-0.4, -0.2) is 124 Å². The molecule has 0 aromatic rings. The molecule has 1 fully saturated rings. The van der Waals surface area contributed by atoms with Gasteiger partial charge in [0.1, 0.15) is 37.1 Å². The largest absolute Gasteiger partial charge is 0.463 e. The van der Waals surface area contributed by atoms with E-state index in [9.17, 15) is 44.7 Å². The van der Waals surface area contributed by atoms with Crippen molar-refractivity contribution in [3.05, 3.63) is 0 Å². The van der Waals surface area contributed by atoms with Crippen LogP contribution >= 0.6 is 0 Å². The first kappa shape index (κ1) is 48.6. The monoisotopic (exact) mass is 764 g/mol. The third-order valence-electron chi connectivity index (χ3n) is 9.00. The molecule has 0 saturated carbocycles. The number of aliphatic hydroxyl groups is 5. The second kappa shape index (κ2) is 29.0. The molecule has 0 bridgehead atoms. The highest BCUT2D eigenvalue weighted by Crippen LogP contribution is 2.31. The van der Waals surface area contributed by atoms with Gasteiger partial charge in [-0.3, -0.25) is 19.2 Å². The molecule has 1 aliphatic rings. The van der Waals surface area contributed by atoms with E-state index < -0.39 is 98.8 Å². The summed E-state index contributed by atoms with van der Waals surface area (Å²) >= 11 is 0. The Morgan fingerprint density at radius 2 is 0.962 bits per heavy atom. The molecule has 0 spiro atoms. The van der Waals surface area contributed by atoms with Gasteiger partial charge in [0.2, 0.25) is 0 Å². The van der Waals surface area contributed by atoms with Crippen molar-refractivity contribution in [3.63, 3.8) is 0 Å². The summed E-state index contributed by atoms with van der Waals surface area (Å²) in [6.07, 6.45) is -3.94. The van der Waals surface area contributed by atoms with Crippen molar-refractivity contribution in [1.82, 2.24) is 0 Å². The van der Waals surface area contributed by atoms with Gasteiger partial charge in [0.05, 0.1) is 13.2 Å². The summed E-state index contributed by atoms with van der Waals surface area (Å²) in [6, 6.07) is 0. The molecular weight excluding hydrogens is 696 g/mol. The van der Waals surface area contributed by atoms with Gasteiger partial charge in [-0.2, -0.15) is 0 Å². The number of ether oxygens (including phenoxy) is 6. The highest BCUT2D eigenvalue weighted by atomic mass is 16.7. The lowest BCUT2D eigenvalue weighted by Crippen LogP contribution is -2.63. The van der Waals surface area contributed by atoms with Crippen molar-refractivity contribution in [2.24, 2.45) is 0 Å². The molecule has 0 radical (unpaired) electrons. The second-order valence-corrected chi connectivity index (χ2v) is 13.8. The number of esters is 4. The molecule has 9 atom stereocenters. The first-order valence-electron chi connectivity index (χ1n) is 19.8. The van der Waals surface area contributed by atoms with E-state index in [1.54, 1.807) is 0 Å². The number of carbonyl (C=O) groups is 4. The van der Waals surface area contributed by atoms with Gasteiger partial charge in [-0.15, -0.1) is 0 Å². The minimum atomic E-state index is -1.98. The zero-order valence-corrected chi connectivity index (χ0v) is 32.4. The molecule has 15 nitrogen and oxygen atoms in total. The molecule has 1 aliphatic heterocycles. The minimum Gasteiger partial charge on any atom is -0.463 e. The van der Waals surface area contributed by atoms with Crippen molar-refractivity contribution < 1.29 is 73.1 Å². The lowest BCUT2D eigenvalue weighted by molar-refractivity contribution is -0.313. The second-order valence-electron chi connectivity index (χ2n) is 13.8. The molecule has 0 aliphatic carbocycles. The molecule has 310 valence electrons. The molecule has 0 amide bonds. The average Bonchev–Trinajstić information content (AvgIpc) is 3.14. The van der Waals surface area contributed by atoms with E-state index in [1.807, 2.05) is 20.8 Å². The van der Waals surface area contributed by atoms with Crippen LogP contribution in [0.3, 0.4) is 0 Å². The molecule has 0 aromatic carbocycles. The smallest absolute Gasteiger partial charge is 0.306 e. The standard InChI is InChI=1S/C38H68O15/c1-5-9-13-14-18-22-32(45)53-37-36(52-31(44)21-17-12-8-4)35(51-30(43)20-16-11-7-3)28(25-48-29(42)19-15-10-6-2)50-38(37)49-24-27(41)34(47)33(46)26(40)23-39/h26-28,33-41,46-47H,5-25H2,1-4H3/t26-,27+,28-,33-,34-,35-,36+,37+,38-/m1/s1. The summed E-state index contributed by atoms with van der Waals surface area (Å²) in [5, 5.41) is 50.1. The maximum absolute atomic E-state index is 13.3. The average molecular weight is 765 g/mol. The summed E-state index contributed by atoms with van der Waals surface area (Å²) in [5.74, 6) is -2.50. The first-order chi connectivity index (χ1) is 25.4. The summed E-state index contributed by atoms with van der Waals surface area (Å²) in [4.78, 5) is 52.4. The Labute approximate surface area is 315 Å². The number of rotatable bonds is 30. The summed E-state index contributed by atoms with van der Waals surface area (Å²) in [5.41, 5.74) is 0. The van der Waals surface area contributed by atoms with E-state index >= 15 is 0 Å². The fraction of sp³-hybridized carbons (Fsp3) is 0.895. The van der Waals surface area contributed by atoms with Gasteiger partial charge in [-0.25, -0.2) is 0 Å². The van der Waals surface area contributed by atoms with E-state index in [0.29, 0.717) is 25.7 Å². The van der Waals surface area contributed by atoms with Crippen molar-refractivity contribution in [3.8, 4) is 0 Å². The van der Waals surface area contributed by atoms with Crippen molar-refractivity contribution in [2.45, 2.75) is 198 Å². The molecule has 1 rings (SSSR count). The van der Waals surface area contributed by atoms with E-state index in [0.717, 1.165) is 64.2 Å². The number of hydrogen-bond acceptors (Lipinski definition) is 15. The summed E-state index contributed by atoms with van der Waals surface area (Å²) in [7, 11) is 0. The maximum Gasteiger partial charge on any atom is 0.306 e. The Bertz CT molecular complexity index is 1010. The van der Waals surface area contributed by atoms with E-state index in [1.165, 1.54) is 0 Å². The van der Waals surface area contributed by atoms with E-state index in [2.05, 4.69) is 6.92 Å². The fourth-order valence-electron chi connectivity index (χ4n) is 5.71. The normalized spacial score (nSPS) is 22.3. The third-order valence-corrected chi connectivity index (χ3v) is 9.00. The minimum absolute atomic E-state index is 0.0109. The SMILES string of the molecule is CCCCCCCC(=O)O[C@@H]1[C@H](OC[C@H](O)[C@@H](O)[C@H](O)[C@H](O)CO)O[C@H](COC(=O)CCCCC)[C@@H](OC(=O)CCCCC)[C@@H]1OC(=O)CCCCC. The summed E-state index contributed by atoms with van der Waals surface area (Å²) in [6.45, 7) is 5.91. The van der Waals surface area contributed by atoms with Gasteiger partial charge in [0.25, 0.3) is 0 Å². The molecule has 1 saturated heterocycles. The van der Waals surface area contributed by atoms with Gasteiger partial charge < -0.3 is 54.0 Å². The van der Waals surface area contributed by atoms with Crippen LogP contribution < -0.4 is 0 Å².